The van der Waals surface area contributed by atoms with Crippen LogP contribution in [0.2, 0.25) is 0 Å². The van der Waals surface area contributed by atoms with Crippen molar-refractivity contribution in [2.75, 3.05) is 0 Å². The highest BCUT2D eigenvalue weighted by Gasteiger charge is 2.20. The summed E-state index contributed by atoms with van der Waals surface area (Å²) in [4.78, 5) is 0.126. The third-order valence-corrected chi connectivity index (χ3v) is 4.80. The van der Waals surface area contributed by atoms with E-state index in [0.29, 0.717) is 11.4 Å². The van der Waals surface area contributed by atoms with Gasteiger partial charge in [0.05, 0.1) is 16.6 Å². The normalized spacial score (nSPS) is 13.1. The van der Waals surface area contributed by atoms with E-state index in [4.69, 9.17) is 4.42 Å². The van der Waals surface area contributed by atoms with Gasteiger partial charge in [-0.2, -0.15) is 0 Å². The second-order valence-electron chi connectivity index (χ2n) is 5.04. The summed E-state index contributed by atoms with van der Waals surface area (Å²) in [5, 5.41) is 10.8. The van der Waals surface area contributed by atoms with Gasteiger partial charge < -0.3 is 4.42 Å². The lowest BCUT2D eigenvalue weighted by atomic mass is 10.3. The van der Waals surface area contributed by atoms with Crippen LogP contribution in [0.4, 0.5) is 0 Å². The summed E-state index contributed by atoms with van der Waals surface area (Å²) in [5.74, 6) is 1.29. The van der Waals surface area contributed by atoms with E-state index in [1.807, 2.05) is 0 Å². The highest BCUT2D eigenvalue weighted by atomic mass is 32.2. The fraction of sp³-hybridized carbons (Fsp3) is 0.214. The van der Waals surface area contributed by atoms with Crippen molar-refractivity contribution in [1.29, 1.82) is 0 Å². The number of sulfonamides is 1. The van der Waals surface area contributed by atoms with Crippen LogP contribution < -0.4 is 4.72 Å². The maximum absolute atomic E-state index is 12.5. The lowest BCUT2D eigenvalue weighted by molar-refractivity contribution is 0.441. The van der Waals surface area contributed by atoms with Gasteiger partial charge in [-0.3, -0.25) is 0 Å². The van der Waals surface area contributed by atoms with Gasteiger partial charge in [-0.25, -0.2) is 17.8 Å². The standard InChI is InChI=1S/C14H15N5O3S/c1-10-6-7-14(22-10)11(2)16-23(20,21)13-5-3-4-12(8-13)19-9-15-17-18-19/h3-9,11,16H,1-2H3. The van der Waals surface area contributed by atoms with Crippen LogP contribution >= 0.6 is 0 Å². The Morgan fingerprint density at radius 1 is 1.26 bits per heavy atom. The van der Waals surface area contributed by atoms with E-state index >= 15 is 0 Å². The zero-order valence-corrected chi connectivity index (χ0v) is 13.4. The quantitative estimate of drug-likeness (QED) is 0.761. The molecule has 3 rings (SSSR count). The highest BCUT2D eigenvalue weighted by molar-refractivity contribution is 7.89. The van der Waals surface area contributed by atoms with Crippen molar-refractivity contribution in [3.05, 3.63) is 54.2 Å². The number of benzene rings is 1. The summed E-state index contributed by atoms with van der Waals surface area (Å²) >= 11 is 0. The van der Waals surface area contributed by atoms with Crippen molar-refractivity contribution in [1.82, 2.24) is 24.9 Å². The van der Waals surface area contributed by atoms with Gasteiger partial charge in [0.1, 0.15) is 17.8 Å². The van der Waals surface area contributed by atoms with Crippen LogP contribution in [-0.4, -0.2) is 28.6 Å². The largest absolute Gasteiger partial charge is 0.465 e. The minimum Gasteiger partial charge on any atom is -0.465 e. The second kappa shape index (κ2) is 5.94. The summed E-state index contributed by atoms with van der Waals surface area (Å²) in [6.07, 6.45) is 1.40. The number of rotatable bonds is 5. The molecule has 0 bridgehead atoms. The number of aryl methyl sites for hydroxylation is 1. The number of nitrogens with one attached hydrogen (secondary N) is 1. The molecule has 1 atom stereocenters. The minimum atomic E-state index is -3.70. The van der Waals surface area contributed by atoms with E-state index < -0.39 is 16.1 Å². The van der Waals surface area contributed by atoms with E-state index in [-0.39, 0.29) is 4.90 Å². The summed E-state index contributed by atoms with van der Waals surface area (Å²) in [7, 11) is -3.70. The lowest BCUT2D eigenvalue weighted by Gasteiger charge is -2.12. The van der Waals surface area contributed by atoms with Crippen LogP contribution in [-0.2, 0) is 10.0 Å². The molecule has 1 unspecified atom stereocenters. The monoisotopic (exact) mass is 333 g/mol. The third-order valence-electron chi connectivity index (χ3n) is 3.26. The van der Waals surface area contributed by atoms with Gasteiger partial charge >= 0.3 is 0 Å². The summed E-state index contributed by atoms with van der Waals surface area (Å²) in [6, 6.07) is 9.42. The van der Waals surface area contributed by atoms with Crippen molar-refractivity contribution in [2.24, 2.45) is 0 Å². The number of hydrogen-bond donors (Lipinski definition) is 1. The molecule has 0 aliphatic heterocycles. The van der Waals surface area contributed by atoms with Gasteiger partial charge in [0.15, 0.2) is 0 Å². The van der Waals surface area contributed by atoms with Crippen LogP contribution in [0.5, 0.6) is 0 Å². The Morgan fingerprint density at radius 3 is 2.74 bits per heavy atom. The lowest BCUT2D eigenvalue weighted by Crippen LogP contribution is -2.26. The number of aromatic nitrogens is 4. The van der Waals surface area contributed by atoms with E-state index in [2.05, 4.69) is 20.2 Å². The first-order chi connectivity index (χ1) is 11.0. The van der Waals surface area contributed by atoms with Gasteiger partial charge in [-0.1, -0.05) is 6.07 Å². The smallest absolute Gasteiger partial charge is 0.241 e. The van der Waals surface area contributed by atoms with Gasteiger partial charge in [0.25, 0.3) is 0 Å². The molecule has 0 radical (unpaired) electrons. The fourth-order valence-electron chi connectivity index (χ4n) is 2.12. The molecule has 9 heteroatoms. The molecule has 0 aliphatic rings. The van der Waals surface area contributed by atoms with Gasteiger partial charge in [-0.05, 0) is 54.6 Å². The Balaban J connectivity index is 1.86. The fourth-order valence-corrected chi connectivity index (χ4v) is 3.37. The summed E-state index contributed by atoms with van der Waals surface area (Å²) < 4.78 is 34.5. The number of nitrogens with zero attached hydrogens (tertiary/aromatic N) is 4. The average Bonchev–Trinajstić information content (AvgIpc) is 3.18. The molecule has 2 aromatic heterocycles. The van der Waals surface area contributed by atoms with Crippen LogP contribution in [0, 0.1) is 6.92 Å². The van der Waals surface area contributed by atoms with E-state index in [1.165, 1.54) is 23.1 Å². The molecule has 2 heterocycles. The third kappa shape index (κ3) is 3.30. The number of furan rings is 1. The van der Waals surface area contributed by atoms with Crippen LogP contribution in [0.25, 0.3) is 5.69 Å². The molecule has 0 aliphatic carbocycles. The van der Waals surface area contributed by atoms with Gasteiger partial charge in [0, 0.05) is 0 Å². The molecular weight excluding hydrogens is 318 g/mol. The maximum Gasteiger partial charge on any atom is 0.241 e. The van der Waals surface area contributed by atoms with Crippen molar-refractivity contribution in [3.63, 3.8) is 0 Å². The maximum atomic E-state index is 12.5. The summed E-state index contributed by atoms with van der Waals surface area (Å²) in [6.45, 7) is 3.53. The van der Waals surface area contributed by atoms with Crippen LogP contribution in [0.1, 0.15) is 24.5 Å². The van der Waals surface area contributed by atoms with Crippen molar-refractivity contribution in [2.45, 2.75) is 24.8 Å². The molecule has 1 aromatic carbocycles. The Hall–Kier alpha value is -2.52. The molecule has 23 heavy (non-hydrogen) atoms. The molecule has 8 nitrogen and oxygen atoms in total. The highest BCUT2D eigenvalue weighted by Crippen LogP contribution is 2.20. The molecule has 0 spiro atoms. The zero-order valence-electron chi connectivity index (χ0n) is 12.5. The Morgan fingerprint density at radius 2 is 2.09 bits per heavy atom. The van der Waals surface area contributed by atoms with Crippen molar-refractivity contribution in [3.8, 4) is 5.69 Å². The van der Waals surface area contributed by atoms with E-state index in [0.717, 1.165) is 5.76 Å². The first-order valence-electron chi connectivity index (χ1n) is 6.88. The zero-order chi connectivity index (χ0) is 16.4. The van der Waals surface area contributed by atoms with Crippen LogP contribution in [0.3, 0.4) is 0 Å². The molecule has 0 saturated heterocycles. The van der Waals surface area contributed by atoms with Crippen molar-refractivity contribution < 1.29 is 12.8 Å². The predicted molar refractivity (Wildman–Crippen MR) is 81.3 cm³/mol. The SMILES string of the molecule is Cc1ccc(C(C)NS(=O)(=O)c2cccc(-n3cnnn3)c2)o1. The topological polar surface area (TPSA) is 103 Å². The molecule has 120 valence electrons. The Kier molecular flexibility index (Phi) is 3.97. The van der Waals surface area contributed by atoms with E-state index in [9.17, 15) is 8.42 Å². The predicted octanol–water partition coefficient (Wildman–Crippen LogP) is 1.60. The molecular formula is C14H15N5O3S. The second-order valence-corrected chi connectivity index (χ2v) is 6.76. The van der Waals surface area contributed by atoms with Crippen LogP contribution in [0.15, 0.2) is 52.0 Å². The summed E-state index contributed by atoms with van der Waals surface area (Å²) in [5.41, 5.74) is 0.555. The number of tetrazole rings is 1. The Labute approximate surface area is 133 Å². The van der Waals surface area contributed by atoms with Gasteiger partial charge in [0.2, 0.25) is 10.0 Å². The molecule has 3 aromatic rings. The first-order valence-corrected chi connectivity index (χ1v) is 8.36. The Bertz CT molecular complexity index is 902. The van der Waals surface area contributed by atoms with Gasteiger partial charge in [-0.15, -0.1) is 5.10 Å². The average molecular weight is 333 g/mol. The molecule has 0 fully saturated rings. The molecule has 0 amide bonds. The minimum absolute atomic E-state index is 0.126. The first kappa shape index (κ1) is 15.4. The molecule has 0 saturated carbocycles. The molecule has 1 N–H and O–H groups in total. The van der Waals surface area contributed by atoms with E-state index in [1.54, 1.807) is 38.1 Å². The number of hydrogen-bond acceptors (Lipinski definition) is 6. The van der Waals surface area contributed by atoms with Crippen molar-refractivity contribution >= 4 is 10.0 Å².